The van der Waals surface area contributed by atoms with Crippen LogP contribution >= 0.6 is 12.6 Å². The molecular weight excluding hydrogens is 228 g/mol. The fourth-order valence-electron chi connectivity index (χ4n) is 1.73. The molecule has 2 rings (SSSR count). The molecule has 0 saturated carbocycles. The van der Waals surface area contributed by atoms with Gasteiger partial charge in [0.25, 0.3) is 0 Å². The van der Waals surface area contributed by atoms with E-state index in [9.17, 15) is 4.79 Å². The normalized spacial score (nSPS) is 12.1. The molecule has 0 aliphatic rings. The summed E-state index contributed by atoms with van der Waals surface area (Å²) in [5, 5.41) is 0.0734. The zero-order valence-corrected chi connectivity index (χ0v) is 10.6. The van der Waals surface area contributed by atoms with E-state index in [4.69, 9.17) is 0 Å². The summed E-state index contributed by atoms with van der Waals surface area (Å²) in [6.07, 6.45) is 0. The number of thiol groups is 1. The second kappa shape index (κ2) is 5.19. The van der Waals surface area contributed by atoms with E-state index in [1.807, 2.05) is 42.5 Å². The Morgan fingerprint density at radius 2 is 1.47 bits per heavy atom. The monoisotopic (exact) mass is 243 g/mol. The topological polar surface area (TPSA) is 21.4 Å². The first kappa shape index (κ1) is 11.9. The van der Waals surface area contributed by atoms with Crippen LogP contribution in [0.2, 0.25) is 0 Å². The Kier molecular flexibility index (Phi) is 3.64. The van der Waals surface area contributed by atoms with Gasteiger partial charge in [0.2, 0.25) is 0 Å². The molecule has 0 aromatic heterocycles. The van der Waals surface area contributed by atoms with Crippen molar-refractivity contribution >= 4 is 18.4 Å². The summed E-state index contributed by atoms with van der Waals surface area (Å²) < 4.78 is 0. The maximum absolute atomic E-state index is 9.37. The third kappa shape index (κ3) is 2.77. The molecule has 17 heavy (non-hydrogen) atoms. The fourth-order valence-corrected chi connectivity index (χ4v) is 2.08. The van der Waals surface area contributed by atoms with Crippen LogP contribution in [0.5, 0.6) is 0 Å². The van der Waals surface area contributed by atoms with Gasteiger partial charge in [-0.3, -0.25) is 4.79 Å². The molecule has 0 radical (unpaired) electrons. The first-order valence-electron chi connectivity index (χ1n) is 5.54. The Labute approximate surface area is 107 Å². The van der Waals surface area contributed by atoms with E-state index in [0.29, 0.717) is 5.78 Å². The summed E-state index contributed by atoms with van der Waals surface area (Å²) in [5.41, 5.74) is 3.15. The fraction of sp³-hybridized carbons (Fsp3) is 0.133. The number of benzene rings is 2. The Balaban J connectivity index is 2.26. The molecule has 1 atom stereocenters. The lowest BCUT2D eigenvalue weighted by Gasteiger charge is -2.11. The summed E-state index contributed by atoms with van der Waals surface area (Å²) in [4.78, 5) is 9.37. The summed E-state index contributed by atoms with van der Waals surface area (Å²) in [5.74, 6) is 0.340. The van der Waals surface area contributed by atoms with E-state index in [2.05, 4.69) is 24.8 Å². The highest BCUT2D eigenvalue weighted by atomic mass is 32.1. The number of carbonyl (C=O) groups excluding carboxylic acids is 1. The van der Waals surface area contributed by atoms with Gasteiger partial charge in [0.05, 0.1) is 17.7 Å². The van der Waals surface area contributed by atoms with Crippen molar-refractivity contribution in [3.63, 3.8) is 0 Å². The predicted molar refractivity (Wildman–Crippen MR) is 75.4 cm³/mol. The van der Waals surface area contributed by atoms with Gasteiger partial charge >= 0.3 is 5.78 Å². The molecule has 0 bridgehead atoms. The quantitative estimate of drug-likeness (QED) is 0.483. The molecule has 0 spiro atoms. The van der Waals surface area contributed by atoms with Gasteiger partial charge in [-0.1, -0.05) is 42.5 Å². The van der Waals surface area contributed by atoms with E-state index in [1.54, 1.807) is 6.92 Å². The van der Waals surface area contributed by atoms with Crippen LogP contribution in [0.25, 0.3) is 0 Å². The van der Waals surface area contributed by atoms with Crippen LogP contribution in [-0.4, -0.2) is 10.6 Å². The van der Waals surface area contributed by atoms with Crippen LogP contribution in [0.3, 0.4) is 0 Å². The molecule has 0 amide bonds. The third-order valence-electron chi connectivity index (χ3n) is 2.76. The van der Waals surface area contributed by atoms with Gasteiger partial charge in [0.1, 0.15) is 0 Å². The van der Waals surface area contributed by atoms with E-state index < -0.39 is 0 Å². The molecule has 0 saturated heterocycles. The average molecular weight is 243 g/mol. The van der Waals surface area contributed by atoms with Gasteiger partial charge in [-0.05, 0) is 23.3 Å². The summed E-state index contributed by atoms with van der Waals surface area (Å²) in [6.45, 7) is 1.68. The van der Waals surface area contributed by atoms with Crippen molar-refractivity contribution in [1.29, 1.82) is 0 Å². The van der Waals surface area contributed by atoms with Crippen LogP contribution in [0.4, 0.5) is 0 Å². The first-order chi connectivity index (χ1) is 8.18. The molecule has 86 valence electrons. The minimum atomic E-state index is 0.0734. The third-order valence-corrected chi connectivity index (χ3v) is 3.36. The summed E-state index contributed by atoms with van der Waals surface area (Å²) >= 11 is 4.63. The molecule has 0 fully saturated rings. The van der Waals surface area contributed by atoms with Gasteiger partial charge < -0.3 is 0 Å². The Morgan fingerprint density at radius 1 is 0.941 bits per heavy atom. The predicted octanol–water partition coefficient (Wildman–Crippen LogP) is 3.62. The lowest BCUT2D eigenvalue weighted by molar-refractivity contribution is 0.675. The van der Waals surface area contributed by atoms with E-state index >= 15 is 0 Å². The van der Waals surface area contributed by atoms with Crippen molar-refractivity contribution in [2.45, 2.75) is 12.2 Å². The smallest absolute Gasteiger partial charge is 0.278 e. The number of ketones is 1. The molecule has 2 heteroatoms. The van der Waals surface area contributed by atoms with Crippen LogP contribution in [0.15, 0.2) is 54.6 Å². The Bertz CT molecular complexity index is 502. The van der Waals surface area contributed by atoms with E-state index in [0.717, 1.165) is 11.1 Å². The Hall–Kier alpha value is -1.54. The van der Waals surface area contributed by atoms with Crippen LogP contribution < -0.4 is 0 Å². The molecule has 1 N–H and O–H groups in total. The zero-order chi connectivity index (χ0) is 12.3. The maximum atomic E-state index is 9.37. The lowest BCUT2D eigenvalue weighted by Crippen LogP contribution is -1.96. The largest absolute Gasteiger partial charge is 0.320 e. The molecule has 1 unspecified atom stereocenters. The standard InChI is InChI=1S/C15H14OS/c1-11(16)12-7-9-14(10-8-12)15(17)13-5-3-2-4-6-13/h2-10,15,17H,1H3/p+1. The molecule has 2 aromatic carbocycles. The van der Waals surface area contributed by atoms with Gasteiger partial charge in [0.15, 0.2) is 0 Å². The molecular formula is C15H15OS+. The molecule has 1 nitrogen and oxygen atoms in total. The van der Waals surface area contributed by atoms with Gasteiger partial charge in [-0.25, -0.2) is 0 Å². The minimum absolute atomic E-state index is 0.0734. The van der Waals surface area contributed by atoms with Crippen molar-refractivity contribution in [1.82, 2.24) is 0 Å². The van der Waals surface area contributed by atoms with Gasteiger partial charge in [0, 0.05) is 0 Å². The average Bonchev–Trinajstić information content (AvgIpc) is 2.39. The maximum Gasteiger partial charge on any atom is 0.320 e. The highest BCUT2D eigenvalue weighted by Gasteiger charge is 2.10. The molecule has 0 aliphatic carbocycles. The molecule has 0 aliphatic heterocycles. The first-order valence-corrected chi connectivity index (χ1v) is 6.06. The van der Waals surface area contributed by atoms with Crippen molar-refractivity contribution in [3.05, 3.63) is 71.3 Å². The Morgan fingerprint density at radius 3 is 2.00 bits per heavy atom. The van der Waals surface area contributed by atoms with Crippen molar-refractivity contribution < 1.29 is 4.79 Å². The number of hydrogen-bond donors (Lipinski definition) is 1. The number of rotatable bonds is 3. The van der Waals surface area contributed by atoms with Gasteiger partial charge in [-0.15, -0.1) is 0 Å². The number of hydrogen-bond acceptors (Lipinski definition) is 1. The highest BCUT2D eigenvalue weighted by molar-refractivity contribution is 7.80. The summed E-state index contributed by atoms with van der Waals surface area (Å²) in [6, 6.07) is 18.0. The lowest BCUT2D eigenvalue weighted by atomic mass is 10.0. The van der Waals surface area contributed by atoms with E-state index in [-0.39, 0.29) is 5.25 Å². The van der Waals surface area contributed by atoms with Crippen LogP contribution in [0.1, 0.15) is 28.9 Å². The van der Waals surface area contributed by atoms with Crippen molar-refractivity contribution in [2.24, 2.45) is 0 Å². The van der Waals surface area contributed by atoms with Gasteiger partial charge in [-0.2, -0.15) is 12.6 Å². The van der Waals surface area contributed by atoms with Crippen molar-refractivity contribution in [2.75, 3.05) is 0 Å². The van der Waals surface area contributed by atoms with Crippen molar-refractivity contribution in [3.8, 4) is 0 Å². The summed E-state index contributed by atoms with van der Waals surface area (Å²) in [7, 11) is 0. The zero-order valence-electron chi connectivity index (χ0n) is 9.67. The SMILES string of the molecule is CC(=[OH+])c1ccc(C(S)c2ccccc2)cc1. The van der Waals surface area contributed by atoms with Crippen LogP contribution in [-0.2, 0) is 0 Å². The second-order valence-corrected chi connectivity index (χ2v) is 4.54. The minimum Gasteiger partial charge on any atom is -0.278 e. The second-order valence-electron chi connectivity index (χ2n) is 4.02. The molecule has 0 heterocycles. The van der Waals surface area contributed by atoms with E-state index in [1.165, 1.54) is 5.56 Å². The molecule has 2 aromatic rings. The highest BCUT2D eigenvalue weighted by Crippen LogP contribution is 2.27. The van der Waals surface area contributed by atoms with Crippen LogP contribution in [0, 0.1) is 0 Å².